The Balaban J connectivity index is 0.942. The number of phenolic OH excluding ortho intramolecular Hbond substituents is 1. The number of aromatic hydroxyl groups is 1. The summed E-state index contributed by atoms with van der Waals surface area (Å²) in [6.07, 6.45) is -13.1. The number of rotatable bonds is 18. The van der Waals surface area contributed by atoms with Gasteiger partial charge in [0.05, 0.1) is 46.5 Å². The molecular formula is C77H84Cl2N10O24S. The molecule has 17 atom stereocenters. The molecule has 1 spiro atoms. The van der Waals surface area contributed by atoms with Crippen molar-refractivity contribution in [1.29, 1.82) is 0 Å². The van der Waals surface area contributed by atoms with Crippen molar-refractivity contribution in [2.24, 2.45) is 46.5 Å². The van der Waals surface area contributed by atoms with Crippen molar-refractivity contribution in [2.75, 3.05) is 26.8 Å². The van der Waals surface area contributed by atoms with Crippen LogP contribution in [-0.4, -0.2) is 183 Å². The lowest BCUT2D eigenvalue weighted by Crippen LogP contribution is -2.88. The first-order valence-corrected chi connectivity index (χ1v) is 39.1. The van der Waals surface area contributed by atoms with E-state index in [4.69, 9.17) is 58.4 Å². The van der Waals surface area contributed by atoms with E-state index in [1.807, 2.05) is 4.72 Å². The third-order valence-corrected chi connectivity index (χ3v) is 25.0. The molecule has 37 heteroatoms. The number of halogens is 2. The molecule has 9 bridgehead atoms. The minimum atomic E-state index is -4.89. The summed E-state index contributed by atoms with van der Waals surface area (Å²) in [5.74, 6) is -14.9. The highest BCUT2D eigenvalue weighted by Crippen LogP contribution is 2.87. The minimum Gasteiger partial charge on any atom is -0.508 e. The Bertz CT molecular complexity index is 4980. The van der Waals surface area contributed by atoms with Gasteiger partial charge in [-0.3, -0.25) is 38.4 Å². The molecule has 5 aliphatic heterocycles. The van der Waals surface area contributed by atoms with Crippen LogP contribution in [0.2, 0.25) is 10.0 Å². The maximum absolute atomic E-state index is 16.2. The second-order valence-corrected chi connectivity index (χ2v) is 32.8. The Morgan fingerprint density at radius 3 is 1.97 bits per heavy atom. The molecule has 34 nitrogen and oxygen atoms in total. The van der Waals surface area contributed by atoms with E-state index in [2.05, 4.69) is 37.2 Å². The summed E-state index contributed by atoms with van der Waals surface area (Å²) in [4.78, 5) is 120. The van der Waals surface area contributed by atoms with Crippen molar-refractivity contribution in [3.8, 4) is 51.4 Å². The number of aliphatic hydroxyl groups excluding tert-OH is 6. The van der Waals surface area contributed by atoms with Gasteiger partial charge >= 0.3 is 0 Å². The average Bonchev–Trinajstić information content (AvgIpc) is 0.674. The lowest BCUT2D eigenvalue weighted by molar-refractivity contribution is -0.390. The van der Waals surface area contributed by atoms with Crippen molar-refractivity contribution in [1.82, 2.24) is 41.9 Å². The van der Waals surface area contributed by atoms with Crippen molar-refractivity contribution < 1.29 is 116 Å². The molecule has 21 N–H and O–H groups in total. The van der Waals surface area contributed by atoms with E-state index in [1.54, 1.807) is 13.8 Å². The highest BCUT2D eigenvalue weighted by molar-refractivity contribution is 7.90. The number of amides is 8. The van der Waals surface area contributed by atoms with Crippen LogP contribution < -0.4 is 72.4 Å². The number of aliphatic hydroxyl groups is 8. The first-order chi connectivity index (χ1) is 54.1. The Hall–Kier alpha value is -9.83. The summed E-state index contributed by atoms with van der Waals surface area (Å²) in [7, 11) is -3.44. The number of hydrogen-bond acceptors (Lipinski definition) is 26. The van der Waals surface area contributed by atoms with Crippen LogP contribution in [0.5, 0.6) is 40.2 Å². The summed E-state index contributed by atoms with van der Waals surface area (Å²) < 4.78 is 60.7. The molecule has 0 radical (unpaired) electrons. The average molecular weight is 1640 g/mol. The van der Waals surface area contributed by atoms with Crippen molar-refractivity contribution in [2.45, 2.75) is 148 Å². The SMILES string of the molecule is CNC(CC(C)C)C(=O)NC1C(=O)NC(CC(=O)NS(=O)(=O)c2ccc(OCCN)cc2)C(=O)NC2C(=O)NC(C(N)=O)c3ccc4c(c3)-c3c(cc(O)cc3C4(O)O)C(C(=O)NC3C4CC5CC6CC3C564)NC(=O)CC(O)c3ccc(c(Cl)c3)Oc3cc2cc(c3OC2OC(CO)C(O)C(O)C2O)Oc2ccc(cc2Cl)C1O. The van der Waals surface area contributed by atoms with Crippen LogP contribution in [0.4, 0.5) is 0 Å². The number of sulfonamides is 1. The number of carbonyl (C=O) groups excluding carboxylic acids is 8. The number of carbonyl (C=O) groups is 8. The molecule has 0 aromatic heterocycles. The molecule has 5 aliphatic carbocycles. The van der Waals surface area contributed by atoms with Crippen LogP contribution in [0.25, 0.3) is 11.1 Å². The molecule has 17 unspecified atom stereocenters. The second-order valence-electron chi connectivity index (χ2n) is 30.3. The molecule has 5 heterocycles. The molecule has 10 aliphatic rings. The number of hydrogen-bond donors (Lipinski definition) is 19. The maximum Gasteiger partial charge on any atom is 0.264 e. The number of likely N-dealkylation sites (N-methyl/N-ethyl adjacent to an activating group) is 1. The van der Waals surface area contributed by atoms with Gasteiger partial charge < -0.3 is 118 Å². The van der Waals surface area contributed by atoms with Crippen molar-refractivity contribution in [3.63, 3.8) is 0 Å². The van der Waals surface area contributed by atoms with Gasteiger partial charge in [-0.2, -0.15) is 0 Å². The zero-order chi connectivity index (χ0) is 81.6. The molecule has 5 fully saturated rings. The van der Waals surface area contributed by atoms with Gasteiger partial charge in [-0.1, -0.05) is 61.3 Å². The van der Waals surface area contributed by atoms with Crippen molar-refractivity contribution >= 4 is 80.5 Å². The zero-order valence-electron chi connectivity index (χ0n) is 61.1. The molecular weight excluding hydrogens is 1550 g/mol. The fourth-order valence-electron chi connectivity index (χ4n) is 17.5. The first-order valence-electron chi connectivity index (χ1n) is 36.8. The van der Waals surface area contributed by atoms with E-state index < -0.39 is 206 Å². The summed E-state index contributed by atoms with van der Waals surface area (Å²) >= 11 is 14.1. The third kappa shape index (κ3) is 14.8. The largest absolute Gasteiger partial charge is 0.508 e. The number of phenols is 1. The molecule has 114 heavy (non-hydrogen) atoms. The Morgan fingerprint density at radius 2 is 1.36 bits per heavy atom. The Morgan fingerprint density at radius 1 is 0.711 bits per heavy atom. The van der Waals surface area contributed by atoms with Crippen LogP contribution in [0.1, 0.15) is 122 Å². The molecule has 4 saturated carbocycles. The molecule has 6 aromatic rings. The summed E-state index contributed by atoms with van der Waals surface area (Å²) in [5.41, 5.74) is 9.60. The number of nitrogens with one attached hydrogen (secondary N) is 8. The predicted octanol–water partition coefficient (Wildman–Crippen LogP) is 0.767. The minimum absolute atomic E-state index is 0.0525. The first kappa shape index (κ1) is 80.8. The standard InChI is InChI=1S/C77H84Cl2N10O24S/c1-30(2)16-48(82-3)70(100)88-63-64(95)33-6-13-52(47(79)19-33)111-54-21-34-20-53(68(54)113-75-67(98)66(97)65(96)55(29-90)112-75)110-51-12-5-31(18-46(51)78)50(92)28-56(93)84-61(73(103)87-62-44-23-35-22-36-24-45(62)76(35,36)44)41-25-37(91)26-43-58(41)40-17-32(4-11-42(40)77(43,105)106)59(69(81)99)85-72(102)60(34)86-71(101)49(83-74(63)104)27-57(94)89-114(107,108)39-9-7-38(8-10-39)109-15-14-80/h4-13,17-21,25-26,30,35-36,44-45,48-50,55,59-67,75,82,90-92,95-98,105-106H,14-16,22-24,27-29,80H2,1-3H3,(H2,81,99)(H,83,104)(H,84,93)(H,85,102)(H,86,101)(H,87,103)(H,88,100)(H,89,94). The Labute approximate surface area is 660 Å². The summed E-state index contributed by atoms with van der Waals surface area (Å²) in [6.45, 7) is 2.78. The number of nitrogens with two attached hydrogens (primary N) is 2. The quantitative estimate of drug-likeness (QED) is 0.0528. The number of ether oxygens (including phenoxy) is 5. The van der Waals surface area contributed by atoms with E-state index in [-0.39, 0.29) is 110 Å². The second kappa shape index (κ2) is 31.4. The van der Waals surface area contributed by atoms with E-state index in [9.17, 15) is 73.6 Å². The smallest absolute Gasteiger partial charge is 0.264 e. The Kier molecular flexibility index (Phi) is 22.3. The van der Waals surface area contributed by atoms with Crippen LogP contribution in [-0.2, 0) is 58.9 Å². The zero-order valence-corrected chi connectivity index (χ0v) is 63.4. The van der Waals surface area contributed by atoms with Gasteiger partial charge in [0.1, 0.15) is 90.3 Å². The molecule has 1 saturated heterocycles. The van der Waals surface area contributed by atoms with Gasteiger partial charge in [-0.05, 0) is 186 Å². The summed E-state index contributed by atoms with van der Waals surface area (Å²) in [5, 5.41) is 122. The number of fused-ring (bicyclic) bond motifs is 16. The van der Waals surface area contributed by atoms with E-state index in [0.717, 1.165) is 79.9 Å². The van der Waals surface area contributed by atoms with Crippen LogP contribution >= 0.6 is 23.2 Å². The van der Waals surface area contributed by atoms with E-state index in [0.29, 0.717) is 11.8 Å². The maximum atomic E-state index is 16.2. The van der Waals surface area contributed by atoms with Crippen LogP contribution in [0, 0.1) is 35.0 Å². The molecule has 8 amide bonds. The van der Waals surface area contributed by atoms with Gasteiger partial charge in [-0.15, -0.1) is 0 Å². The van der Waals surface area contributed by atoms with Gasteiger partial charge in [-0.25, -0.2) is 13.1 Å². The van der Waals surface area contributed by atoms with Crippen LogP contribution in [0.15, 0.2) is 108 Å². The lowest BCUT2D eigenvalue weighted by Gasteiger charge is -2.88. The third-order valence-electron chi connectivity index (χ3n) is 23.0. The number of benzene rings is 6. The van der Waals surface area contributed by atoms with Gasteiger partial charge in [0.15, 0.2) is 11.5 Å². The van der Waals surface area contributed by atoms with Gasteiger partial charge in [0.25, 0.3) is 10.0 Å². The monoisotopic (exact) mass is 1630 g/mol. The van der Waals surface area contributed by atoms with Crippen LogP contribution in [0.3, 0.4) is 0 Å². The molecule has 6 aromatic carbocycles. The van der Waals surface area contributed by atoms with E-state index >= 15 is 19.2 Å². The lowest BCUT2D eigenvalue weighted by atomic mass is 9.17. The normalized spacial score (nSPS) is 29.3. The highest BCUT2D eigenvalue weighted by Gasteiger charge is 2.84. The fraction of sp³-hybridized carbons (Fsp3) is 0.429. The predicted molar refractivity (Wildman–Crippen MR) is 398 cm³/mol. The molecule has 16 rings (SSSR count). The summed E-state index contributed by atoms with van der Waals surface area (Å²) in [6, 6.07) is 7.02. The topological polar surface area (TPSA) is 547 Å². The van der Waals surface area contributed by atoms with Gasteiger partial charge in [0.2, 0.25) is 65.1 Å². The number of primary amides is 1. The highest BCUT2D eigenvalue weighted by atomic mass is 35.5. The van der Waals surface area contributed by atoms with E-state index in [1.165, 1.54) is 49.5 Å². The van der Waals surface area contributed by atoms with Gasteiger partial charge in [0, 0.05) is 23.7 Å². The van der Waals surface area contributed by atoms with Crippen molar-refractivity contribution in [3.05, 3.63) is 152 Å². The fourth-order valence-corrected chi connectivity index (χ4v) is 18.9. The molecule has 606 valence electrons.